The van der Waals surface area contributed by atoms with Gasteiger partial charge in [-0.2, -0.15) is 0 Å². The van der Waals surface area contributed by atoms with E-state index in [9.17, 15) is 9.59 Å². The number of hydrogen-bond donors (Lipinski definition) is 2. The molecule has 0 bridgehead atoms. The van der Waals surface area contributed by atoms with E-state index in [0.717, 1.165) is 11.3 Å². The Labute approximate surface area is 135 Å². The van der Waals surface area contributed by atoms with Gasteiger partial charge in [0.05, 0.1) is 12.8 Å². The molecule has 0 fully saturated rings. The summed E-state index contributed by atoms with van der Waals surface area (Å²) in [5, 5.41) is 2.71. The molecular formula is C17H21N3O3. The average Bonchev–Trinajstić information content (AvgIpc) is 2.86. The van der Waals surface area contributed by atoms with E-state index in [1.165, 1.54) is 7.11 Å². The molecule has 122 valence electrons. The Bertz CT molecular complexity index is 742. The highest BCUT2D eigenvalue weighted by Gasteiger charge is 2.20. The largest absolute Gasteiger partial charge is 0.464 e. The number of esters is 1. The zero-order valence-corrected chi connectivity index (χ0v) is 14.0. The summed E-state index contributed by atoms with van der Waals surface area (Å²) in [4.78, 5) is 31.1. The molecule has 0 aliphatic carbocycles. The number of amides is 1. The van der Waals surface area contributed by atoms with Crippen LogP contribution in [0.25, 0.3) is 0 Å². The van der Waals surface area contributed by atoms with E-state index in [-0.39, 0.29) is 17.0 Å². The highest BCUT2D eigenvalue weighted by atomic mass is 16.5. The Kier molecular flexibility index (Phi) is 4.54. The second kappa shape index (κ2) is 6.24. The number of aromatic nitrogens is 2. The van der Waals surface area contributed by atoms with Crippen LogP contribution in [0.3, 0.4) is 0 Å². The number of aromatic amines is 1. The van der Waals surface area contributed by atoms with Gasteiger partial charge in [-0.05, 0) is 36.1 Å². The summed E-state index contributed by atoms with van der Waals surface area (Å²) in [5.41, 5.74) is 2.56. The normalized spacial score (nSPS) is 11.2. The lowest BCUT2D eigenvalue weighted by Gasteiger charge is -2.19. The lowest BCUT2D eigenvalue weighted by Crippen LogP contribution is -2.18. The first-order valence-electron chi connectivity index (χ1n) is 7.28. The number of ether oxygens (including phenoxy) is 1. The van der Waals surface area contributed by atoms with E-state index in [4.69, 9.17) is 4.74 Å². The third-order valence-corrected chi connectivity index (χ3v) is 3.45. The van der Waals surface area contributed by atoms with Crippen molar-refractivity contribution >= 4 is 17.6 Å². The van der Waals surface area contributed by atoms with Gasteiger partial charge in [0.1, 0.15) is 11.4 Å². The molecule has 0 saturated carbocycles. The van der Waals surface area contributed by atoms with Crippen molar-refractivity contribution in [1.29, 1.82) is 0 Å². The predicted octanol–water partition coefficient (Wildman–Crippen LogP) is 3.05. The summed E-state index contributed by atoms with van der Waals surface area (Å²) in [6.07, 6.45) is 1.61. The molecule has 0 aliphatic heterocycles. The molecule has 0 atom stereocenters. The number of methoxy groups -OCH3 is 1. The molecule has 2 aromatic heterocycles. The molecule has 23 heavy (non-hydrogen) atoms. The molecule has 0 aromatic carbocycles. The number of pyridine rings is 1. The average molecular weight is 315 g/mol. The van der Waals surface area contributed by atoms with Crippen molar-refractivity contribution in [3.05, 3.63) is 47.0 Å². The second-order valence-electron chi connectivity index (χ2n) is 6.37. The highest BCUT2D eigenvalue weighted by molar-refractivity contribution is 6.06. The molecule has 0 spiro atoms. The van der Waals surface area contributed by atoms with Gasteiger partial charge in [0, 0.05) is 11.9 Å². The molecular weight excluding hydrogens is 294 g/mol. The van der Waals surface area contributed by atoms with E-state index < -0.39 is 5.97 Å². The van der Waals surface area contributed by atoms with E-state index in [0.29, 0.717) is 11.4 Å². The van der Waals surface area contributed by atoms with Crippen LogP contribution in [0.4, 0.5) is 5.69 Å². The Balaban J connectivity index is 2.28. The maximum absolute atomic E-state index is 12.4. The molecule has 6 heteroatoms. The fourth-order valence-corrected chi connectivity index (χ4v) is 2.16. The van der Waals surface area contributed by atoms with Crippen LogP contribution in [0.2, 0.25) is 0 Å². The molecule has 2 heterocycles. The zero-order chi connectivity index (χ0) is 17.2. The number of hydrogen-bond acceptors (Lipinski definition) is 4. The summed E-state index contributed by atoms with van der Waals surface area (Å²) in [5.74, 6) is -0.912. The standard InChI is InChI=1S/C17H21N3O3/c1-10-8-12(14(19-10)16(22)23-5)20-15(21)13-9-11(6-7-18-13)17(2,3)4/h6-9,19H,1-5H3,(H,20,21). The van der Waals surface area contributed by atoms with E-state index >= 15 is 0 Å². The van der Waals surface area contributed by atoms with Gasteiger partial charge in [-0.25, -0.2) is 4.79 Å². The minimum Gasteiger partial charge on any atom is -0.464 e. The lowest BCUT2D eigenvalue weighted by atomic mass is 9.87. The molecule has 0 radical (unpaired) electrons. The van der Waals surface area contributed by atoms with Gasteiger partial charge in [0.15, 0.2) is 0 Å². The maximum Gasteiger partial charge on any atom is 0.356 e. The van der Waals surface area contributed by atoms with Crippen LogP contribution < -0.4 is 5.32 Å². The SMILES string of the molecule is COC(=O)c1[nH]c(C)cc1NC(=O)c1cc(C(C)(C)C)ccn1. The summed E-state index contributed by atoms with van der Waals surface area (Å²) in [6, 6.07) is 5.32. The minimum absolute atomic E-state index is 0.0835. The number of nitrogens with one attached hydrogen (secondary N) is 2. The van der Waals surface area contributed by atoms with Crippen molar-refractivity contribution in [2.45, 2.75) is 33.1 Å². The Morgan fingerprint density at radius 2 is 1.96 bits per heavy atom. The molecule has 2 N–H and O–H groups in total. The summed E-state index contributed by atoms with van der Waals surface area (Å²) < 4.78 is 4.70. The Hall–Kier alpha value is -2.63. The fraction of sp³-hybridized carbons (Fsp3) is 0.353. The highest BCUT2D eigenvalue weighted by Crippen LogP contribution is 2.23. The van der Waals surface area contributed by atoms with Gasteiger partial charge in [0.2, 0.25) is 0 Å². The van der Waals surface area contributed by atoms with Crippen LogP contribution in [0.5, 0.6) is 0 Å². The number of rotatable bonds is 3. The lowest BCUT2D eigenvalue weighted by molar-refractivity contribution is 0.0596. The monoisotopic (exact) mass is 315 g/mol. The third kappa shape index (κ3) is 3.77. The quantitative estimate of drug-likeness (QED) is 0.853. The Morgan fingerprint density at radius 3 is 2.57 bits per heavy atom. The van der Waals surface area contributed by atoms with Crippen LogP contribution in [0, 0.1) is 6.92 Å². The number of anilines is 1. The molecule has 2 rings (SSSR count). The van der Waals surface area contributed by atoms with Crippen molar-refractivity contribution in [3.8, 4) is 0 Å². The van der Waals surface area contributed by atoms with Gasteiger partial charge in [-0.1, -0.05) is 20.8 Å². The second-order valence-corrected chi connectivity index (χ2v) is 6.37. The van der Waals surface area contributed by atoms with Crippen LogP contribution in [0.15, 0.2) is 24.4 Å². The number of aryl methyl sites for hydroxylation is 1. The first-order valence-corrected chi connectivity index (χ1v) is 7.28. The van der Waals surface area contributed by atoms with Gasteiger partial charge < -0.3 is 15.0 Å². The molecule has 0 aliphatic rings. The molecule has 0 saturated heterocycles. The topological polar surface area (TPSA) is 84.1 Å². The van der Waals surface area contributed by atoms with Crippen LogP contribution in [-0.4, -0.2) is 29.0 Å². The summed E-state index contributed by atoms with van der Waals surface area (Å²) >= 11 is 0. The number of H-pyrrole nitrogens is 1. The first kappa shape index (κ1) is 16.7. The van der Waals surface area contributed by atoms with Gasteiger partial charge in [-0.3, -0.25) is 9.78 Å². The van der Waals surface area contributed by atoms with Gasteiger partial charge in [0.25, 0.3) is 5.91 Å². The van der Waals surface area contributed by atoms with E-state index in [2.05, 4.69) is 36.1 Å². The smallest absolute Gasteiger partial charge is 0.356 e. The number of carbonyl (C=O) groups is 2. The van der Waals surface area contributed by atoms with Crippen LogP contribution in [-0.2, 0) is 10.2 Å². The van der Waals surface area contributed by atoms with Crippen LogP contribution >= 0.6 is 0 Å². The zero-order valence-electron chi connectivity index (χ0n) is 14.0. The maximum atomic E-state index is 12.4. The number of carbonyl (C=O) groups excluding carboxylic acids is 2. The Morgan fingerprint density at radius 1 is 1.26 bits per heavy atom. The molecule has 0 unspecified atom stereocenters. The predicted molar refractivity (Wildman–Crippen MR) is 87.8 cm³/mol. The summed E-state index contributed by atoms with van der Waals surface area (Å²) in [7, 11) is 1.29. The van der Waals surface area contributed by atoms with Crippen LogP contribution in [0.1, 0.15) is 53.0 Å². The third-order valence-electron chi connectivity index (χ3n) is 3.45. The van der Waals surface area contributed by atoms with Crippen molar-refractivity contribution in [3.63, 3.8) is 0 Å². The molecule has 2 aromatic rings. The van der Waals surface area contributed by atoms with Crippen molar-refractivity contribution in [2.75, 3.05) is 12.4 Å². The first-order chi connectivity index (χ1) is 10.7. The van der Waals surface area contributed by atoms with Gasteiger partial charge >= 0.3 is 5.97 Å². The summed E-state index contributed by atoms with van der Waals surface area (Å²) in [6.45, 7) is 7.99. The molecule has 1 amide bonds. The van der Waals surface area contributed by atoms with E-state index in [1.54, 1.807) is 25.3 Å². The van der Waals surface area contributed by atoms with Gasteiger partial charge in [-0.15, -0.1) is 0 Å². The van der Waals surface area contributed by atoms with E-state index in [1.807, 2.05) is 6.07 Å². The van der Waals surface area contributed by atoms with Crippen molar-refractivity contribution < 1.29 is 14.3 Å². The fourth-order valence-electron chi connectivity index (χ4n) is 2.16. The minimum atomic E-state index is -0.537. The van der Waals surface area contributed by atoms with Crippen molar-refractivity contribution in [2.24, 2.45) is 0 Å². The van der Waals surface area contributed by atoms with Crippen molar-refractivity contribution in [1.82, 2.24) is 9.97 Å². The molecule has 6 nitrogen and oxygen atoms in total. The number of nitrogens with zero attached hydrogens (tertiary/aromatic N) is 1.